The van der Waals surface area contributed by atoms with Crippen molar-refractivity contribution < 1.29 is 14.3 Å². The number of rotatable bonds is 6. The second kappa shape index (κ2) is 6.74. The van der Waals surface area contributed by atoms with Gasteiger partial charge >= 0.3 is 0 Å². The molecule has 2 amide bonds. The number of anilines is 1. The maximum absolute atomic E-state index is 12.1. The number of carbonyl (C=O) groups excluding carboxylic acids is 2. The molecule has 1 fully saturated rings. The van der Waals surface area contributed by atoms with E-state index in [1.54, 1.807) is 7.11 Å². The summed E-state index contributed by atoms with van der Waals surface area (Å²) in [5.41, 5.74) is 7.06. The summed E-state index contributed by atoms with van der Waals surface area (Å²) in [6.45, 7) is 0. The molecule has 1 aromatic heterocycles. The van der Waals surface area contributed by atoms with Crippen molar-refractivity contribution >= 4 is 17.6 Å². The van der Waals surface area contributed by atoms with Crippen LogP contribution in [-0.4, -0.2) is 29.1 Å². The molecule has 0 saturated heterocycles. The van der Waals surface area contributed by atoms with E-state index in [2.05, 4.69) is 15.5 Å². The highest BCUT2D eigenvalue weighted by molar-refractivity contribution is 5.91. The minimum absolute atomic E-state index is 0.0515. The minimum Gasteiger partial charge on any atom is -0.497 e. The topological polar surface area (TPSA) is 110 Å². The lowest BCUT2D eigenvalue weighted by molar-refractivity contribution is -0.124. The predicted molar refractivity (Wildman–Crippen MR) is 88.6 cm³/mol. The fraction of sp³-hybridized carbons (Fsp3) is 0.353. The number of nitrogens with two attached hydrogens (primary N) is 1. The molecule has 126 valence electrons. The maximum atomic E-state index is 12.1. The molecule has 1 aliphatic rings. The molecule has 0 aliphatic heterocycles. The Balaban J connectivity index is 1.54. The third-order valence-electron chi connectivity index (χ3n) is 4.34. The van der Waals surface area contributed by atoms with Crippen LogP contribution in [0.15, 0.2) is 30.3 Å². The Morgan fingerprint density at radius 1 is 1.38 bits per heavy atom. The third-order valence-corrected chi connectivity index (χ3v) is 4.34. The summed E-state index contributed by atoms with van der Waals surface area (Å²) in [6, 6.07) is 9.19. The summed E-state index contributed by atoms with van der Waals surface area (Å²) in [5.74, 6) is 1.00. The van der Waals surface area contributed by atoms with Gasteiger partial charge in [-0.25, -0.2) is 0 Å². The lowest BCUT2D eigenvalue weighted by Gasteiger charge is -2.31. The average molecular weight is 328 g/mol. The van der Waals surface area contributed by atoms with E-state index < -0.39 is 0 Å². The van der Waals surface area contributed by atoms with Gasteiger partial charge < -0.3 is 15.8 Å². The van der Waals surface area contributed by atoms with Crippen molar-refractivity contribution in [2.45, 2.75) is 25.2 Å². The van der Waals surface area contributed by atoms with E-state index in [9.17, 15) is 9.59 Å². The second-order valence-electron chi connectivity index (χ2n) is 6.05. The molecular formula is C17H20N4O3. The molecule has 3 rings (SSSR count). The van der Waals surface area contributed by atoms with E-state index in [-0.39, 0.29) is 30.1 Å². The Hall–Kier alpha value is -2.83. The lowest BCUT2D eigenvalue weighted by Crippen LogP contribution is -2.33. The van der Waals surface area contributed by atoms with Crippen LogP contribution >= 0.6 is 0 Å². The molecule has 7 heteroatoms. The maximum Gasteiger partial charge on any atom is 0.229 e. The number of primary amides is 1. The molecule has 0 atom stereocenters. The molecular weight excluding hydrogens is 308 g/mol. The van der Waals surface area contributed by atoms with Crippen LogP contribution in [0.25, 0.3) is 0 Å². The number of nitrogens with one attached hydrogen (secondary N) is 2. The lowest BCUT2D eigenvalue weighted by atomic mass is 9.73. The average Bonchev–Trinajstić information content (AvgIpc) is 2.93. The first-order valence-electron chi connectivity index (χ1n) is 7.82. The van der Waals surface area contributed by atoms with Gasteiger partial charge in [0.2, 0.25) is 11.8 Å². The summed E-state index contributed by atoms with van der Waals surface area (Å²) in [7, 11) is 1.59. The van der Waals surface area contributed by atoms with Crippen molar-refractivity contribution in [1.29, 1.82) is 0 Å². The van der Waals surface area contributed by atoms with Crippen LogP contribution in [0.5, 0.6) is 5.75 Å². The van der Waals surface area contributed by atoms with Crippen molar-refractivity contribution in [3.8, 4) is 5.75 Å². The SMILES string of the molecule is COc1cccc(CC(=O)Nc2cc(C3CC(C(N)=O)C3)[nH]n2)c1. The van der Waals surface area contributed by atoms with Crippen LogP contribution in [0.3, 0.4) is 0 Å². The second-order valence-corrected chi connectivity index (χ2v) is 6.05. The number of hydrogen-bond acceptors (Lipinski definition) is 4. The van der Waals surface area contributed by atoms with Gasteiger partial charge in [0.15, 0.2) is 5.82 Å². The zero-order valence-corrected chi connectivity index (χ0v) is 13.4. The Labute approximate surface area is 139 Å². The van der Waals surface area contributed by atoms with Crippen LogP contribution in [0.1, 0.15) is 30.0 Å². The minimum atomic E-state index is -0.252. The summed E-state index contributed by atoms with van der Waals surface area (Å²) in [4.78, 5) is 23.2. The number of methoxy groups -OCH3 is 1. The molecule has 4 N–H and O–H groups in total. The van der Waals surface area contributed by atoms with Gasteiger partial charge in [-0.2, -0.15) is 5.10 Å². The number of carbonyl (C=O) groups is 2. The van der Waals surface area contributed by atoms with Crippen LogP contribution in [-0.2, 0) is 16.0 Å². The zero-order chi connectivity index (χ0) is 17.1. The molecule has 0 radical (unpaired) electrons. The van der Waals surface area contributed by atoms with Crippen LogP contribution in [0, 0.1) is 5.92 Å². The van der Waals surface area contributed by atoms with E-state index in [4.69, 9.17) is 10.5 Å². The van der Waals surface area contributed by atoms with Gasteiger partial charge in [0.25, 0.3) is 0 Å². The Bertz CT molecular complexity index is 750. The van der Waals surface area contributed by atoms with Gasteiger partial charge in [-0.05, 0) is 30.5 Å². The number of amides is 2. The molecule has 1 aliphatic carbocycles. The first-order chi connectivity index (χ1) is 11.5. The molecule has 0 bridgehead atoms. The van der Waals surface area contributed by atoms with Gasteiger partial charge in [-0.3, -0.25) is 14.7 Å². The van der Waals surface area contributed by atoms with Gasteiger partial charge in [0.1, 0.15) is 5.75 Å². The van der Waals surface area contributed by atoms with Gasteiger partial charge in [-0.15, -0.1) is 0 Å². The van der Waals surface area contributed by atoms with Crippen molar-refractivity contribution in [3.63, 3.8) is 0 Å². The fourth-order valence-electron chi connectivity index (χ4n) is 2.87. The van der Waals surface area contributed by atoms with E-state index in [0.717, 1.165) is 29.8 Å². The molecule has 0 spiro atoms. The van der Waals surface area contributed by atoms with E-state index in [1.807, 2.05) is 30.3 Å². The van der Waals surface area contributed by atoms with E-state index in [1.165, 1.54) is 0 Å². The summed E-state index contributed by atoms with van der Waals surface area (Å²) < 4.78 is 5.15. The number of ether oxygens (including phenoxy) is 1. The first-order valence-corrected chi connectivity index (χ1v) is 7.82. The molecule has 24 heavy (non-hydrogen) atoms. The largest absolute Gasteiger partial charge is 0.497 e. The Morgan fingerprint density at radius 3 is 2.88 bits per heavy atom. The Morgan fingerprint density at radius 2 is 2.17 bits per heavy atom. The number of hydrogen-bond donors (Lipinski definition) is 3. The number of nitrogens with zero attached hydrogens (tertiary/aromatic N) is 1. The smallest absolute Gasteiger partial charge is 0.229 e. The first kappa shape index (κ1) is 16.0. The zero-order valence-electron chi connectivity index (χ0n) is 13.4. The fourth-order valence-corrected chi connectivity index (χ4v) is 2.87. The van der Waals surface area contributed by atoms with Gasteiger partial charge in [0, 0.05) is 23.6 Å². The Kier molecular flexibility index (Phi) is 4.50. The molecule has 1 aromatic carbocycles. The van der Waals surface area contributed by atoms with Crippen molar-refractivity contribution in [3.05, 3.63) is 41.6 Å². The highest BCUT2D eigenvalue weighted by Crippen LogP contribution is 2.41. The van der Waals surface area contributed by atoms with E-state index in [0.29, 0.717) is 5.82 Å². The summed E-state index contributed by atoms with van der Waals surface area (Å²) in [6.07, 6.45) is 1.70. The standard InChI is InChI=1S/C17H20N4O3/c1-24-13-4-2-3-10(5-13)6-16(22)19-15-9-14(20-21-15)11-7-12(8-11)17(18)23/h2-5,9,11-12H,6-8H2,1H3,(H2,18,23)(H2,19,20,21,22). The molecule has 2 aromatic rings. The quantitative estimate of drug-likeness (QED) is 0.747. The normalized spacial score (nSPS) is 19.4. The highest BCUT2D eigenvalue weighted by Gasteiger charge is 2.35. The number of H-pyrrole nitrogens is 1. The van der Waals surface area contributed by atoms with E-state index >= 15 is 0 Å². The number of aromatic amines is 1. The highest BCUT2D eigenvalue weighted by atomic mass is 16.5. The van der Waals surface area contributed by atoms with Crippen LogP contribution in [0.4, 0.5) is 5.82 Å². The molecule has 1 heterocycles. The van der Waals surface area contributed by atoms with Crippen molar-refractivity contribution in [1.82, 2.24) is 10.2 Å². The van der Waals surface area contributed by atoms with Crippen LogP contribution < -0.4 is 15.8 Å². The summed E-state index contributed by atoms with van der Waals surface area (Å²) in [5, 5.41) is 9.80. The molecule has 7 nitrogen and oxygen atoms in total. The third kappa shape index (κ3) is 3.56. The molecule has 1 saturated carbocycles. The number of benzene rings is 1. The monoisotopic (exact) mass is 328 g/mol. The number of aromatic nitrogens is 2. The van der Waals surface area contributed by atoms with Crippen LogP contribution in [0.2, 0.25) is 0 Å². The van der Waals surface area contributed by atoms with Gasteiger partial charge in [0.05, 0.1) is 13.5 Å². The summed E-state index contributed by atoms with van der Waals surface area (Å²) >= 11 is 0. The predicted octanol–water partition coefficient (Wildman–Crippen LogP) is 1.58. The van der Waals surface area contributed by atoms with Gasteiger partial charge in [-0.1, -0.05) is 12.1 Å². The van der Waals surface area contributed by atoms with Crippen molar-refractivity contribution in [2.24, 2.45) is 11.7 Å². The molecule has 0 unspecified atom stereocenters. The van der Waals surface area contributed by atoms with Crippen molar-refractivity contribution in [2.75, 3.05) is 12.4 Å².